The minimum Gasteiger partial charge on any atom is -0.463 e. The van der Waals surface area contributed by atoms with Gasteiger partial charge in [0.1, 0.15) is 5.69 Å². The number of carbonyl (C=O) groups excluding carboxylic acids is 3. The molecule has 3 rings (SSSR count). The van der Waals surface area contributed by atoms with E-state index >= 15 is 0 Å². The number of ether oxygens (including phenoxy) is 1. The largest absolute Gasteiger partial charge is 0.463 e. The third-order valence-corrected chi connectivity index (χ3v) is 6.61. The van der Waals surface area contributed by atoms with Crippen molar-refractivity contribution in [1.82, 2.24) is 14.8 Å². The van der Waals surface area contributed by atoms with Crippen LogP contribution >= 0.6 is 0 Å². The van der Waals surface area contributed by atoms with Gasteiger partial charge in [-0.1, -0.05) is 50.3 Å². The Kier molecular flexibility index (Phi) is 9.24. The lowest BCUT2D eigenvalue weighted by molar-refractivity contribution is -0.384. The highest BCUT2D eigenvalue weighted by Crippen LogP contribution is 2.36. The number of aromatic nitrogens is 1. The molecule has 1 atom stereocenters. The molecule has 0 saturated heterocycles. The quantitative estimate of drug-likeness (QED) is 0.177. The number of nitrogens with one attached hydrogen (secondary N) is 1. The smallest absolute Gasteiger partial charge is 0.333 e. The molecule has 0 fully saturated rings. The third kappa shape index (κ3) is 6.34. The predicted molar refractivity (Wildman–Crippen MR) is 149 cm³/mol. The zero-order valence-corrected chi connectivity index (χ0v) is 23.1. The maximum atomic E-state index is 13.5. The van der Waals surface area contributed by atoms with Crippen molar-refractivity contribution in [2.75, 3.05) is 20.2 Å². The number of rotatable bonds is 10. The molecule has 10 heteroatoms. The SMILES string of the molecule is CCOC(=O)C(C)=C[C@H](C(C)C)N(C)C(=O)CNC(=O)c1c(-c2ccccc2)c2cc([N+](=O)[O-])ccc2n1C. The molecule has 0 aliphatic heterocycles. The van der Waals surface area contributed by atoms with Gasteiger partial charge in [-0.25, -0.2) is 4.79 Å². The Bertz CT molecular complexity index is 1420. The average molecular weight is 535 g/mol. The first-order valence-corrected chi connectivity index (χ1v) is 12.7. The van der Waals surface area contributed by atoms with Crippen LogP contribution in [0.5, 0.6) is 0 Å². The number of nitro benzene ring substituents is 1. The van der Waals surface area contributed by atoms with Crippen molar-refractivity contribution in [3.05, 3.63) is 76.0 Å². The van der Waals surface area contributed by atoms with Crippen LogP contribution in [-0.4, -0.2) is 58.4 Å². The van der Waals surface area contributed by atoms with Crippen molar-refractivity contribution in [2.45, 2.75) is 33.7 Å². The Balaban J connectivity index is 1.91. The molecule has 1 heterocycles. The van der Waals surface area contributed by atoms with Crippen LogP contribution in [-0.2, 0) is 21.4 Å². The monoisotopic (exact) mass is 534 g/mol. The van der Waals surface area contributed by atoms with E-state index in [2.05, 4.69) is 5.32 Å². The van der Waals surface area contributed by atoms with Crippen molar-refractivity contribution in [2.24, 2.45) is 13.0 Å². The number of aryl methyl sites for hydroxylation is 1. The normalized spacial score (nSPS) is 12.3. The fourth-order valence-electron chi connectivity index (χ4n) is 4.56. The number of hydrogen-bond donors (Lipinski definition) is 1. The molecule has 206 valence electrons. The number of nitrogens with zero attached hydrogens (tertiary/aromatic N) is 3. The van der Waals surface area contributed by atoms with Crippen molar-refractivity contribution < 1.29 is 24.0 Å². The molecule has 10 nitrogen and oxygen atoms in total. The summed E-state index contributed by atoms with van der Waals surface area (Å²) in [4.78, 5) is 51.2. The molecule has 0 aliphatic carbocycles. The highest BCUT2D eigenvalue weighted by atomic mass is 16.6. The lowest BCUT2D eigenvalue weighted by atomic mass is 10.00. The van der Waals surface area contributed by atoms with Crippen molar-refractivity contribution in [1.29, 1.82) is 0 Å². The van der Waals surface area contributed by atoms with Gasteiger partial charge < -0.3 is 19.5 Å². The number of nitro groups is 1. The van der Waals surface area contributed by atoms with E-state index < -0.39 is 22.8 Å². The van der Waals surface area contributed by atoms with Gasteiger partial charge in [0.25, 0.3) is 11.6 Å². The second-order valence-electron chi connectivity index (χ2n) is 9.60. The van der Waals surface area contributed by atoms with Crippen LogP contribution < -0.4 is 5.32 Å². The van der Waals surface area contributed by atoms with Crippen LogP contribution in [0.4, 0.5) is 5.69 Å². The Hall–Kier alpha value is -4.47. The maximum Gasteiger partial charge on any atom is 0.333 e. The van der Waals surface area contributed by atoms with Crippen LogP contribution in [0, 0.1) is 16.0 Å². The van der Waals surface area contributed by atoms with Gasteiger partial charge in [0.15, 0.2) is 0 Å². The summed E-state index contributed by atoms with van der Waals surface area (Å²) in [7, 11) is 3.33. The summed E-state index contributed by atoms with van der Waals surface area (Å²) >= 11 is 0. The van der Waals surface area contributed by atoms with E-state index in [1.165, 1.54) is 17.0 Å². The first-order valence-electron chi connectivity index (χ1n) is 12.7. The standard InChI is InChI=1S/C29H34N4O6/c1-7-39-29(36)19(4)15-24(18(2)3)31(5)25(34)17-30-28(35)27-26(20-11-9-8-10-12-20)22-16-21(33(37)38)13-14-23(22)32(27)6/h8-16,18,24H,7,17H2,1-6H3,(H,30,35)/t24-/m1/s1. The molecule has 1 aromatic heterocycles. The summed E-state index contributed by atoms with van der Waals surface area (Å²) in [6.45, 7) is 7.21. The molecule has 2 aromatic carbocycles. The van der Waals surface area contributed by atoms with Crippen molar-refractivity contribution in [3.63, 3.8) is 0 Å². The van der Waals surface area contributed by atoms with E-state index in [0.29, 0.717) is 22.0 Å². The van der Waals surface area contributed by atoms with Gasteiger partial charge in [0.05, 0.1) is 24.1 Å². The molecule has 0 radical (unpaired) electrons. The van der Waals surface area contributed by atoms with Crippen LogP contribution in [0.15, 0.2) is 60.2 Å². The number of likely N-dealkylation sites (N-methyl/N-ethyl adjacent to an activating group) is 1. The molecule has 3 aromatic rings. The molecule has 0 saturated carbocycles. The lowest BCUT2D eigenvalue weighted by Gasteiger charge is -2.29. The summed E-state index contributed by atoms with van der Waals surface area (Å²) in [6, 6.07) is 13.2. The molecular weight excluding hydrogens is 500 g/mol. The molecule has 39 heavy (non-hydrogen) atoms. The van der Waals surface area contributed by atoms with E-state index in [1.807, 2.05) is 44.2 Å². The van der Waals surface area contributed by atoms with Gasteiger partial charge in [-0.05, 0) is 31.4 Å². The fraction of sp³-hybridized carbons (Fsp3) is 0.345. The van der Waals surface area contributed by atoms with Crippen LogP contribution in [0.1, 0.15) is 38.2 Å². The molecule has 0 unspecified atom stereocenters. The number of fused-ring (bicyclic) bond motifs is 1. The second kappa shape index (κ2) is 12.4. The number of hydrogen-bond acceptors (Lipinski definition) is 6. The van der Waals surface area contributed by atoms with Crippen LogP contribution in [0.2, 0.25) is 0 Å². The second-order valence-corrected chi connectivity index (χ2v) is 9.60. The Morgan fingerprint density at radius 2 is 1.82 bits per heavy atom. The van der Waals surface area contributed by atoms with E-state index in [9.17, 15) is 24.5 Å². The predicted octanol–water partition coefficient (Wildman–Crippen LogP) is 4.48. The first kappa shape index (κ1) is 29.1. The van der Waals surface area contributed by atoms with Crippen LogP contribution in [0.3, 0.4) is 0 Å². The highest BCUT2D eigenvalue weighted by molar-refractivity contribution is 6.11. The van der Waals surface area contributed by atoms with E-state index in [4.69, 9.17) is 4.74 Å². The van der Waals surface area contributed by atoms with Crippen LogP contribution in [0.25, 0.3) is 22.0 Å². The topological polar surface area (TPSA) is 124 Å². The summed E-state index contributed by atoms with van der Waals surface area (Å²) in [5.41, 5.74) is 2.51. The summed E-state index contributed by atoms with van der Waals surface area (Å²) in [6.07, 6.45) is 1.70. The van der Waals surface area contributed by atoms with Gasteiger partial charge in [-0.2, -0.15) is 0 Å². The zero-order chi connectivity index (χ0) is 28.9. The Morgan fingerprint density at radius 3 is 2.41 bits per heavy atom. The minimum absolute atomic E-state index is 0.00215. The number of carbonyl (C=O) groups is 3. The Morgan fingerprint density at radius 1 is 1.15 bits per heavy atom. The van der Waals surface area contributed by atoms with Crippen molar-refractivity contribution in [3.8, 4) is 11.1 Å². The summed E-state index contributed by atoms with van der Waals surface area (Å²) in [5.74, 6) is -1.28. The molecule has 0 spiro atoms. The number of amides is 2. The number of esters is 1. The Labute approximate surface area is 227 Å². The molecule has 1 N–H and O–H groups in total. The summed E-state index contributed by atoms with van der Waals surface area (Å²) < 4.78 is 6.72. The zero-order valence-electron chi connectivity index (χ0n) is 23.1. The van der Waals surface area contributed by atoms with Crippen molar-refractivity contribution >= 4 is 34.4 Å². The lowest BCUT2D eigenvalue weighted by Crippen LogP contribution is -2.45. The first-order chi connectivity index (χ1) is 18.5. The van der Waals surface area contributed by atoms with Gasteiger partial charge >= 0.3 is 5.97 Å². The van der Waals surface area contributed by atoms with Gasteiger partial charge in [-0.3, -0.25) is 19.7 Å². The fourth-order valence-corrected chi connectivity index (χ4v) is 4.56. The van der Waals surface area contributed by atoms with E-state index in [1.54, 1.807) is 44.7 Å². The van der Waals surface area contributed by atoms with Gasteiger partial charge in [0, 0.05) is 48.3 Å². The van der Waals surface area contributed by atoms with Gasteiger partial charge in [0.2, 0.25) is 5.91 Å². The molecule has 0 aliphatic rings. The maximum absolute atomic E-state index is 13.5. The highest BCUT2D eigenvalue weighted by Gasteiger charge is 2.26. The minimum atomic E-state index is -0.490. The van der Waals surface area contributed by atoms with E-state index in [0.717, 1.165) is 5.56 Å². The molecule has 0 bridgehead atoms. The van der Waals surface area contributed by atoms with E-state index in [-0.39, 0.29) is 36.4 Å². The number of benzene rings is 2. The molecular formula is C29H34N4O6. The molecule has 2 amide bonds. The van der Waals surface area contributed by atoms with Gasteiger partial charge in [-0.15, -0.1) is 0 Å². The third-order valence-electron chi connectivity index (χ3n) is 6.61. The number of non-ortho nitro benzene ring substituents is 1. The average Bonchev–Trinajstić information content (AvgIpc) is 3.21. The summed E-state index contributed by atoms with van der Waals surface area (Å²) in [5, 5.41) is 14.7.